The van der Waals surface area contributed by atoms with Gasteiger partial charge in [-0.3, -0.25) is 0 Å². The quantitative estimate of drug-likeness (QED) is 0.274. The number of hydrogen-bond acceptors (Lipinski definition) is 1. The summed E-state index contributed by atoms with van der Waals surface area (Å²) in [4.78, 5) is 0. The molecule has 0 bridgehead atoms. The number of rotatable bonds is 5. The topological polar surface area (TPSA) is 26.9 Å². The standard InChI is InChI=1S/C24H21NOP.ClH/c26-25-19-11-10-12-21(25)20-27(22-13-4-1-5-14-22,23-15-6-2-7-16-23)24-17-8-3-9-18-24;/h1-19H,20H2;1H/q+1;/p-1. The molecule has 0 aliphatic rings. The van der Waals surface area contributed by atoms with E-state index in [2.05, 4.69) is 72.8 Å². The summed E-state index contributed by atoms with van der Waals surface area (Å²) in [5, 5.41) is 16.4. The predicted molar refractivity (Wildman–Crippen MR) is 114 cm³/mol. The maximum absolute atomic E-state index is 12.5. The van der Waals surface area contributed by atoms with E-state index in [1.165, 1.54) is 15.9 Å². The Hall–Kier alpha value is -2.67. The highest BCUT2D eigenvalue weighted by atomic mass is 35.5. The van der Waals surface area contributed by atoms with Gasteiger partial charge in [0.2, 0.25) is 5.69 Å². The van der Waals surface area contributed by atoms with Crippen molar-refractivity contribution in [3.8, 4) is 0 Å². The molecule has 0 atom stereocenters. The van der Waals surface area contributed by atoms with Crippen molar-refractivity contribution in [2.24, 2.45) is 0 Å². The lowest BCUT2D eigenvalue weighted by molar-refractivity contribution is -0.612. The van der Waals surface area contributed by atoms with Gasteiger partial charge in [-0.1, -0.05) is 54.6 Å². The molecule has 0 fully saturated rings. The van der Waals surface area contributed by atoms with Gasteiger partial charge in [0.25, 0.3) is 0 Å². The van der Waals surface area contributed by atoms with Gasteiger partial charge in [0, 0.05) is 12.1 Å². The lowest BCUT2D eigenvalue weighted by Gasteiger charge is -2.26. The molecule has 28 heavy (non-hydrogen) atoms. The Morgan fingerprint density at radius 2 is 0.964 bits per heavy atom. The molecule has 3 aromatic carbocycles. The Bertz CT molecular complexity index is 914. The molecule has 0 amide bonds. The number of aromatic nitrogens is 1. The number of nitrogens with zero attached hydrogens (tertiary/aromatic N) is 1. The zero-order valence-corrected chi connectivity index (χ0v) is 17.0. The van der Waals surface area contributed by atoms with E-state index in [-0.39, 0.29) is 12.4 Å². The summed E-state index contributed by atoms with van der Waals surface area (Å²) in [6.45, 7) is 0. The first-order chi connectivity index (χ1) is 13.3. The second-order valence-electron chi connectivity index (χ2n) is 6.49. The molecule has 4 rings (SSSR count). The maximum Gasteiger partial charge on any atom is 0.231 e. The van der Waals surface area contributed by atoms with Gasteiger partial charge in [-0.25, -0.2) is 0 Å². The summed E-state index contributed by atoms with van der Waals surface area (Å²) < 4.78 is 1.00. The average Bonchev–Trinajstić information content (AvgIpc) is 2.75. The predicted octanol–water partition coefficient (Wildman–Crippen LogP) is 0.818. The number of benzene rings is 3. The minimum Gasteiger partial charge on any atom is -1.00 e. The van der Waals surface area contributed by atoms with Crippen molar-refractivity contribution >= 4 is 23.2 Å². The van der Waals surface area contributed by atoms with E-state index in [0.717, 1.165) is 10.4 Å². The highest BCUT2D eigenvalue weighted by molar-refractivity contribution is 7.95. The van der Waals surface area contributed by atoms with Crippen molar-refractivity contribution in [1.29, 1.82) is 0 Å². The van der Waals surface area contributed by atoms with Crippen LogP contribution in [-0.2, 0) is 6.16 Å². The monoisotopic (exact) mass is 405 g/mol. The van der Waals surface area contributed by atoms with Gasteiger partial charge in [-0.05, 0) is 42.5 Å². The second kappa shape index (κ2) is 9.01. The molecule has 1 heterocycles. The molecule has 0 aliphatic heterocycles. The van der Waals surface area contributed by atoms with Crippen LogP contribution < -0.4 is 33.1 Å². The molecule has 1 aromatic heterocycles. The average molecular weight is 406 g/mol. The van der Waals surface area contributed by atoms with Crippen LogP contribution >= 0.6 is 7.26 Å². The first-order valence-corrected chi connectivity index (χ1v) is 11.0. The summed E-state index contributed by atoms with van der Waals surface area (Å²) in [5.74, 6) is 0. The van der Waals surface area contributed by atoms with Crippen LogP contribution in [0.1, 0.15) is 5.69 Å². The lowest BCUT2D eigenvalue weighted by Crippen LogP contribution is -3.00. The normalized spacial score (nSPS) is 10.9. The van der Waals surface area contributed by atoms with Crippen molar-refractivity contribution in [3.05, 3.63) is 126 Å². The lowest BCUT2D eigenvalue weighted by atomic mass is 10.3. The van der Waals surface area contributed by atoms with Crippen LogP contribution in [0.5, 0.6) is 0 Å². The van der Waals surface area contributed by atoms with Crippen LogP contribution in [0.4, 0.5) is 0 Å². The maximum atomic E-state index is 12.5. The van der Waals surface area contributed by atoms with Crippen molar-refractivity contribution < 1.29 is 17.1 Å². The fraction of sp³-hybridized carbons (Fsp3) is 0.0417. The molecule has 4 heteroatoms. The molecule has 0 saturated carbocycles. The third kappa shape index (κ3) is 3.80. The van der Waals surface area contributed by atoms with E-state index in [1.807, 2.05) is 30.3 Å². The van der Waals surface area contributed by atoms with E-state index >= 15 is 0 Å². The van der Waals surface area contributed by atoms with Gasteiger partial charge in [-0.2, -0.15) is 4.73 Å². The molecule has 0 unspecified atom stereocenters. The first kappa shape index (κ1) is 20.1. The molecule has 2 nitrogen and oxygen atoms in total. The molecule has 0 aliphatic carbocycles. The zero-order valence-electron chi connectivity index (χ0n) is 15.4. The summed E-state index contributed by atoms with van der Waals surface area (Å²) in [6.07, 6.45) is 2.28. The molecule has 140 valence electrons. The fourth-order valence-corrected chi connectivity index (χ4v) is 7.81. The van der Waals surface area contributed by atoms with E-state index in [1.54, 1.807) is 12.3 Å². The van der Waals surface area contributed by atoms with Crippen LogP contribution in [-0.4, -0.2) is 0 Å². The fourth-order valence-electron chi connectivity index (χ4n) is 3.60. The van der Waals surface area contributed by atoms with E-state index < -0.39 is 7.26 Å². The smallest absolute Gasteiger partial charge is 0.231 e. The van der Waals surface area contributed by atoms with Gasteiger partial charge in [0.1, 0.15) is 23.2 Å². The van der Waals surface area contributed by atoms with E-state index in [9.17, 15) is 5.21 Å². The van der Waals surface area contributed by atoms with Crippen LogP contribution in [0.25, 0.3) is 0 Å². The largest absolute Gasteiger partial charge is 1.00 e. The molecular weight excluding hydrogens is 385 g/mol. The van der Waals surface area contributed by atoms with Crippen LogP contribution in [0, 0.1) is 5.21 Å². The van der Waals surface area contributed by atoms with Crippen LogP contribution in [0.2, 0.25) is 0 Å². The Kier molecular flexibility index (Phi) is 6.46. The molecule has 4 aromatic rings. The van der Waals surface area contributed by atoms with Gasteiger partial charge in [-0.15, -0.1) is 0 Å². The van der Waals surface area contributed by atoms with Crippen molar-refractivity contribution in [3.63, 3.8) is 0 Å². The van der Waals surface area contributed by atoms with Crippen LogP contribution in [0.15, 0.2) is 115 Å². The second-order valence-corrected chi connectivity index (χ2v) is 9.98. The Morgan fingerprint density at radius 3 is 1.36 bits per heavy atom. The highest BCUT2D eigenvalue weighted by Crippen LogP contribution is 2.57. The minimum atomic E-state index is -2.02. The van der Waals surface area contributed by atoms with Gasteiger partial charge < -0.3 is 17.6 Å². The Labute approximate surface area is 172 Å². The van der Waals surface area contributed by atoms with E-state index in [4.69, 9.17) is 0 Å². The number of hydrogen-bond donors (Lipinski definition) is 0. The Morgan fingerprint density at radius 1 is 0.571 bits per heavy atom. The molecule has 0 N–H and O–H groups in total. The Balaban J connectivity index is 0.00000225. The third-order valence-electron chi connectivity index (χ3n) is 4.89. The van der Waals surface area contributed by atoms with Gasteiger partial charge >= 0.3 is 0 Å². The van der Waals surface area contributed by atoms with Crippen molar-refractivity contribution in [1.82, 2.24) is 0 Å². The molecule has 0 radical (unpaired) electrons. The SMILES string of the molecule is [Cl-].[O-][n+]1ccccc1C[P+](c1ccccc1)(c1ccccc1)c1ccccc1. The molecule has 0 spiro atoms. The van der Waals surface area contributed by atoms with Gasteiger partial charge in [0.05, 0.1) is 0 Å². The third-order valence-corrected chi connectivity index (χ3v) is 9.23. The number of pyridine rings is 1. The van der Waals surface area contributed by atoms with Gasteiger partial charge in [0.15, 0.2) is 12.4 Å². The van der Waals surface area contributed by atoms with Crippen molar-refractivity contribution in [2.45, 2.75) is 6.16 Å². The summed E-state index contributed by atoms with van der Waals surface area (Å²) in [6, 6.07) is 37.5. The number of halogens is 1. The molecular formula is C24H21ClNOP. The van der Waals surface area contributed by atoms with Crippen molar-refractivity contribution in [2.75, 3.05) is 0 Å². The highest BCUT2D eigenvalue weighted by Gasteiger charge is 2.47. The zero-order chi connectivity index (χ0) is 18.5. The summed E-state index contributed by atoms with van der Waals surface area (Å²) >= 11 is 0. The van der Waals surface area contributed by atoms with E-state index in [0.29, 0.717) is 6.16 Å². The molecule has 0 saturated heterocycles. The summed E-state index contributed by atoms with van der Waals surface area (Å²) in [5.41, 5.74) is 0.794. The summed E-state index contributed by atoms with van der Waals surface area (Å²) in [7, 11) is -2.02. The first-order valence-electron chi connectivity index (χ1n) is 9.03. The van der Waals surface area contributed by atoms with Crippen LogP contribution in [0.3, 0.4) is 0 Å². The minimum absolute atomic E-state index is 0.